The standard InChI is InChI=1S/C25H34F3N3O4S/c1-5-31-23(20-11-8-17(14-21(20)35-3)12-13-25(26,27)28)16(2)22(30-31)24(32)29-15-18-6-9-19(10-7-18)36(4,33)34/h8,11,14,18-19H,5-7,9-10,12-13,15H2,1-4H3,(H,29,32). The highest BCUT2D eigenvalue weighted by atomic mass is 32.2. The number of alkyl halides is 3. The van der Waals surface area contributed by atoms with E-state index in [-0.39, 0.29) is 29.2 Å². The fraction of sp³-hybridized carbons (Fsp3) is 0.600. The summed E-state index contributed by atoms with van der Waals surface area (Å²) in [6.45, 7) is 4.61. The number of methoxy groups -OCH3 is 1. The van der Waals surface area contributed by atoms with Gasteiger partial charge in [0.05, 0.1) is 18.1 Å². The van der Waals surface area contributed by atoms with E-state index in [0.29, 0.717) is 54.1 Å². The number of carbonyl (C=O) groups is 1. The van der Waals surface area contributed by atoms with Crippen LogP contribution >= 0.6 is 0 Å². The Balaban J connectivity index is 1.76. The molecule has 11 heteroatoms. The first-order chi connectivity index (χ1) is 16.8. The summed E-state index contributed by atoms with van der Waals surface area (Å²) in [5, 5.41) is 7.14. The van der Waals surface area contributed by atoms with E-state index in [0.717, 1.165) is 12.8 Å². The van der Waals surface area contributed by atoms with E-state index in [1.54, 1.807) is 29.8 Å². The molecule has 1 saturated carbocycles. The molecule has 1 amide bonds. The van der Waals surface area contributed by atoms with Crippen LogP contribution in [0, 0.1) is 12.8 Å². The molecule has 1 heterocycles. The topological polar surface area (TPSA) is 90.3 Å². The molecule has 0 spiro atoms. The second kappa shape index (κ2) is 11.2. The molecule has 2 aromatic rings. The van der Waals surface area contributed by atoms with Gasteiger partial charge < -0.3 is 10.1 Å². The lowest BCUT2D eigenvalue weighted by atomic mass is 9.89. The third-order valence-electron chi connectivity index (χ3n) is 6.87. The number of benzene rings is 1. The Morgan fingerprint density at radius 3 is 2.44 bits per heavy atom. The number of aromatic nitrogens is 2. The van der Waals surface area contributed by atoms with Gasteiger partial charge in [0.2, 0.25) is 0 Å². The van der Waals surface area contributed by atoms with Crippen LogP contribution in [-0.4, -0.2) is 55.4 Å². The minimum absolute atomic E-state index is 0.147. The zero-order valence-corrected chi connectivity index (χ0v) is 21.9. The molecular weight excluding hydrogens is 495 g/mol. The molecule has 1 N–H and O–H groups in total. The van der Waals surface area contributed by atoms with Crippen LogP contribution in [0.4, 0.5) is 13.2 Å². The number of hydrogen-bond acceptors (Lipinski definition) is 5. The van der Waals surface area contributed by atoms with Crippen molar-refractivity contribution in [3.63, 3.8) is 0 Å². The molecule has 1 aliphatic rings. The SMILES string of the molecule is CCn1nc(C(=O)NCC2CCC(S(C)(=O)=O)CC2)c(C)c1-c1ccc(CCC(F)(F)F)cc1OC. The Kier molecular flexibility index (Phi) is 8.74. The quantitative estimate of drug-likeness (QED) is 0.508. The Labute approximate surface area is 210 Å². The van der Waals surface area contributed by atoms with Crippen LogP contribution in [0.5, 0.6) is 5.75 Å². The van der Waals surface area contributed by atoms with Crippen LogP contribution in [0.2, 0.25) is 0 Å². The minimum Gasteiger partial charge on any atom is -0.496 e. The van der Waals surface area contributed by atoms with Gasteiger partial charge in [-0.2, -0.15) is 18.3 Å². The molecule has 0 unspecified atom stereocenters. The molecule has 200 valence electrons. The number of halogens is 3. The van der Waals surface area contributed by atoms with Crippen molar-refractivity contribution in [1.82, 2.24) is 15.1 Å². The first kappa shape index (κ1) is 28.0. The van der Waals surface area contributed by atoms with E-state index in [4.69, 9.17) is 4.74 Å². The molecule has 1 aromatic carbocycles. The highest BCUT2D eigenvalue weighted by Crippen LogP contribution is 2.35. The number of ether oxygens (including phenoxy) is 1. The lowest BCUT2D eigenvalue weighted by Gasteiger charge is -2.27. The average molecular weight is 530 g/mol. The molecule has 1 aromatic heterocycles. The van der Waals surface area contributed by atoms with Crippen molar-refractivity contribution in [2.45, 2.75) is 70.3 Å². The van der Waals surface area contributed by atoms with Crippen molar-refractivity contribution in [2.75, 3.05) is 19.9 Å². The Hall–Kier alpha value is -2.56. The van der Waals surface area contributed by atoms with E-state index in [1.807, 2.05) is 6.92 Å². The molecule has 36 heavy (non-hydrogen) atoms. The summed E-state index contributed by atoms with van der Waals surface area (Å²) < 4.78 is 68.6. The van der Waals surface area contributed by atoms with Gasteiger partial charge in [-0.25, -0.2) is 8.42 Å². The molecule has 0 atom stereocenters. The summed E-state index contributed by atoms with van der Waals surface area (Å²) in [7, 11) is -1.58. The van der Waals surface area contributed by atoms with Crippen LogP contribution in [0.25, 0.3) is 11.3 Å². The second-order valence-corrected chi connectivity index (χ2v) is 11.8. The van der Waals surface area contributed by atoms with Crippen molar-refractivity contribution < 1.29 is 31.1 Å². The van der Waals surface area contributed by atoms with Crippen molar-refractivity contribution in [3.05, 3.63) is 35.0 Å². The van der Waals surface area contributed by atoms with Crippen LogP contribution < -0.4 is 10.1 Å². The molecular formula is C25H34F3N3O4S. The predicted octanol–water partition coefficient (Wildman–Crippen LogP) is 4.72. The summed E-state index contributed by atoms with van der Waals surface area (Å²) in [6, 6.07) is 4.95. The van der Waals surface area contributed by atoms with Crippen molar-refractivity contribution in [2.24, 2.45) is 5.92 Å². The van der Waals surface area contributed by atoms with E-state index in [1.165, 1.54) is 13.4 Å². The summed E-state index contributed by atoms with van der Waals surface area (Å²) in [5.74, 6) is 0.318. The van der Waals surface area contributed by atoms with Gasteiger partial charge >= 0.3 is 6.18 Å². The van der Waals surface area contributed by atoms with E-state index < -0.39 is 22.4 Å². The molecule has 0 saturated heterocycles. The first-order valence-electron chi connectivity index (χ1n) is 12.1. The number of hydrogen-bond donors (Lipinski definition) is 1. The normalized spacial score (nSPS) is 18.8. The van der Waals surface area contributed by atoms with Gasteiger partial charge in [-0.1, -0.05) is 6.07 Å². The number of carbonyl (C=O) groups excluding carboxylic acids is 1. The smallest absolute Gasteiger partial charge is 0.389 e. The van der Waals surface area contributed by atoms with Crippen LogP contribution in [0.1, 0.15) is 60.6 Å². The molecule has 1 fully saturated rings. The lowest BCUT2D eigenvalue weighted by molar-refractivity contribution is -0.134. The van der Waals surface area contributed by atoms with Gasteiger partial charge in [0, 0.05) is 36.9 Å². The van der Waals surface area contributed by atoms with Crippen molar-refractivity contribution in [3.8, 4) is 17.0 Å². The Morgan fingerprint density at radius 2 is 1.89 bits per heavy atom. The van der Waals surface area contributed by atoms with Crippen molar-refractivity contribution in [1.29, 1.82) is 0 Å². The molecule has 0 aliphatic heterocycles. The molecule has 7 nitrogen and oxygen atoms in total. The number of nitrogens with one attached hydrogen (secondary N) is 1. The largest absolute Gasteiger partial charge is 0.496 e. The molecule has 0 radical (unpaired) electrons. The third kappa shape index (κ3) is 6.80. The zero-order valence-electron chi connectivity index (χ0n) is 21.1. The van der Waals surface area contributed by atoms with Crippen LogP contribution in [-0.2, 0) is 22.8 Å². The summed E-state index contributed by atoms with van der Waals surface area (Å²) in [5.41, 5.74) is 2.77. The zero-order chi connectivity index (χ0) is 26.7. The monoisotopic (exact) mass is 529 g/mol. The molecule has 3 rings (SSSR count). The summed E-state index contributed by atoms with van der Waals surface area (Å²) >= 11 is 0. The first-order valence-corrected chi connectivity index (χ1v) is 14.1. The van der Waals surface area contributed by atoms with Gasteiger partial charge in [-0.3, -0.25) is 9.48 Å². The van der Waals surface area contributed by atoms with E-state index in [9.17, 15) is 26.4 Å². The van der Waals surface area contributed by atoms with E-state index >= 15 is 0 Å². The molecule has 1 aliphatic carbocycles. The Bertz CT molecular complexity index is 1180. The van der Waals surface area contributed by atoms with Gasteiger partial charge in [0.15, 0.2) is 5.69 Å². The third-order valence-corrected chi connectivity index (χ3v) is 8.56. The maximum atomic E-state index is 13.0. The summed E-state index contributed by atoms with van der Waals surface area (Å²) in [6.07, 6.45) is -1.34. The molecule has 0 bridgehead atoms. The van der Waals surface area contributed by atoms with E-state index in [2.05, 4.69) is 10.4 Å². The van der Waals surface area contributed by atoms with Gasteiger partial charge in [-0.05, 0) is 69.6 Å². The number of sulfone groups is 1. The lowest BCUT2D eigenvalue weighted by Crippen LogP contribution is -2.34. The predicted molar refractivity (Wildman–Crippen MR) is 132 cm³/mol. The average Bonchev–Trinajstić information content (AvgIpc) is 3.16. The van der Waals surface area contributed by atoms with Gasteiger partial charge in [0.25, 0.3) is 5.91 Å². The maximum Gasteiger partial charge on any atom is 0.389 e. The number of rotatable bonds is 9. The van der Waals surface area contributed by atoms with Gasteiger partial charge in [0.1, 0.15) is 15.6 Å². The second-order valence-electron chi connectivity index (χ2n) is 9.47. The summed E-state index contributed by atoms with van der Waals surface area (Å²) in [4.78, 5) is 13.0. The number of aryl methyl sites for hydroxylation is 2. The maximum absolute atomic E-state index is 13.0. The van der Waals surface area contributed by atoms with Crippen molar-refractivity contribution >= 4 is 15.7 Å². The van der Waals surface area contributed by atoms with Crippen LogP contribution in [0.15, 0.2) is 18.2 Å². The highest BCUT2D eigenvalue weighted by molar-refractivity contribution is 7.91. The van der Waals surface area contributed by atoms with Gasteiger partial charge in [-0.15, -0.1) is 0 Å². The fourth-order valence-corrected chi connectivity index (χ4v) is 5.92. The fourth-order valence-electron chi connectivity index (χ4n) is 4.79. The minimum atomic E-state index is -4.24. The number of amides is 1. The van der Waals surface area contributed by atoms with Crippen LogP contribution in [0.3, 0.4) is 0 Å². The highest BCUT2D eigenvalue weighted by Gasteiger charge is 2.29. The number of nitrogens with zero attached hydrogens (tertiary/aromatic N) is 2. The Morgan fingerprint density at radius 1 is 1.22 bits per heavy atom.